The number of amides is 3. The fourth-order valence-corrected chi connectivity index (χ4v) is 3.64. The zero-order chi connectivity index (χ0) is 15.4. The van der Waals surface area contributed by atoms with E-state index in [9.17, 15) is 14.4 Å². The molecule has 1 N–H and O–H groups in total. The molecular weight excluding hydrogens is 304 g/mol. The average Bonchev–Trinajstić information content (AvgIpc) is 3.25. The molecule has 2 fully saturated rings. The molecular formula is C16H15ClN2O3. The third kappa shape index (κ3) is 2.11. The number of imide groups is 1. The van der Waals surface area contributed by atoms with Crippen LogP contribution in [0, 0.1) is 0 Å². The van der Waals surface area contributed by atoms with Crippen molar-refractivity contribution < 1.29 is 14.4 Å². The summed E-state index contributed by atoms with van der Waals surface area (Å²) in [5.74, 6) is -0.320. The van der Waals surface area contributed by atoms with Crippen molar-refractivity contribution in [2.45, 2.75) is 44.2 Å². The highest BCUT2D eigenvalue weighted by molar-refractivity contribution is 6.31. The van der Waals surface area contributed by atoms with Gasteiger partial charge in [-0.2, -0.15) is 0 Å². The van der Waals surface area contributed by atoms with Crippen molar-refractivity contribution in [3.63, 3.8) is 0 Å². The van der Waals surface area contributed by atoms with E-state index in [1.165, 1.54) is 0 Å². The largest absolute Gasteiger partial charge is 0.322 e. The molecule has 1 aliphatic carbocycles. The Kier molecular flexibility index (Phi) is 3.01. The first-order chi connectivity index (χ1) is 10.5. The van der Waals surface area contributed by atoms with E-state index in [1.54, 1.807) is 11.0 Å². The fourth-order valence-electron chi connectivity index (χ4n) is 3.41. The molecule has 3 aliphatic rings. The van der Waals surface area contributed by atoms with Gasteiger partial charge in [0.2, 0.25) is 11.8 Å². The van der Waals surface area contributed by atoms with Gasteiger partial charge in [0.05, 0.1) is 0 Å². The summed E-state index contributed by atoms with van der Waals surface area (Å²) in [7, 11) is 0. The second-order valence-electron chi connectivity index (χ2n) is 6.20. The van der Waals surface area contributed by atoms with Crippen LogP contribution in [-0.2, 0) is 16.1 Å². The summed E-state index contributed by atoms with van der Waals surface area (Å²) >= 11 is 6.15. The third-order valence-electron chi connectivity index (χ3n) is 4.67. The van der Waals surface area contributed by atoms with E-state index >= 15 is 0 Å². The molecule has 0 radical (unpaired) electrons. The first-order valence-electron chi connectivity index (χ1n) is 7.51. The molecule has 114 valence electrons. The van der Waals surface area contributed by atoms with Crippen molar-refractivity contribution in [3.8, 4) is 0 Å². The Bertz CT molecular complexity index is 712. The second-order valence-corrected chi connectivity index (χ2v) is 6.63. The number of nitrogens with zero attached hydrogens (tertiary/aromatic N) is 1. The number of hydrogen-bond donors (Lipinski definition) is 1. The summed E-state index contributed by atoms with van der Waals surface area (Å²) in [4.78, 5) is 37.6. The van der Waals surface area contributed by atoms with Crippen molar-refractivity contribution in [2.75, 3.05) is 0 Å². The summed E-state index contributed by atoms with van der Waals surface area (Å²) in [5, 5.41) is 2.89. The standard InChI is InChI=1S/C16H15ClN2O3/c17-9-5-10(8-1-2-8)12-7-19(16(22)11(12)6-9)13-3-4-14(20)18-15(13)21/h5-6,8,13H,1-4,7H2,(H,18,20,21). The Balaban J connectivity index is 1.68. The topological polar surface area (TPSA) is 66.5 Å². The lowest BCUT2D eigenvalue weighted by atomic mass is 10.00. The Morgan fingerprint density at radius 1 is 1.14 bits per heavy atom. The highest BCUT2D eigenvalue weighted by Crippen LogP contribution is 2.45. The number of carbonyl (C=O) groups is 3. The number of fused-ring (bicyclic) bond motifs is 1. The van der Waals surface area contributed by atoms with Crippen LogP contribution in [0.4, 0.5) is 0 Å². The van der Waals surface area contributed by atoms with Crippen molar-refractivity contribution in [3.05, 3.63) is 33.8 Å². The first-order valence-corrected chi connectivity index (χ1v) is 7.89. The highest BCUT2D eigenvalue weighted by Gasteiger charge is 2.41. The lowest BCUT2D eigenvalue weighted by Crippen LogP contribution is -2.52. The monoisotopic (exact) mass is 318 g/mol. The summed E-state index contributed by atoms with van der Waals surface area (Å²) in [6, 6.07) is 3.07. The van der Waals surface area contributed by atoms with E-state index in [2.05, 4.69) is 5.32 Å². The summed E-state index contributed by atoms with van der Waals surface area (Å²) in [5.41, 5.74) is 2.76. The van der Waals surface area contributed by atoms with Gasteiger partial charge in [0.15, 0.2) is 0 Å². The molecule has 1 aromatic carbocycles. The van der Waals surface area contributed by atoms with Gasteiger partial charge in [-0.1, -0.05) is 11.6 Å². The molecule has 2 heterocycles. The first kappa shape index (κ1) is 13.8. The van der Waals surface area contributed by atoms with Crippen LogP contribution in [0.5, 0.6) is 0 Å². The van der Waals surface area contributed by atoms with Crippen LogP contribution in [0.3, 0.4) is 0 Å². The Labute approximate surface area is 132 Å². The van der Waals surface area contributed by atoms with Gasteiger partial charge in [-0.25, -0.2) is 0 Å². The minimum Gasteiger partial charge on any atom is -0.322 e. The molecule has 1 unspecified atom stereocenters. The maximum atomic E-state index is 12.7. The van der Waals surface area contributed by atoms with Crippen LogP contribution in [-0.4, -0.2) is 28.7 Å². The predicted molar refractivity (Wildman–Crippen MR) is 79.5 cm³/mol. The zero-order valence-corrected chi connectivity index (χ0v) is 12.7. The summed E-state index contributed by atoms with van der Waals surface area (Å²) < 4.78 is 0. The highest BCUT2D eigenvalue weighted by atomic mass is 35.5. The summed E-state index contributed by atoms with van der Waals surface area (Å²) in [6.45, 7) is 0.434. The van der Waals surface area contributed by atoms with Gasteiger partial charge in [-0.15, -0.1) is 0 Å². The number of carbonyl (C=O) groups excluding carboxylic acids is 3. The van der Waals surface area contributed by atoms with Gasteiger partial charge in [0.25, 0.3) is 5.91 Å². The van der Waals surface area contributed by atoms with Crippen LogP contribution < -0.4 is 5.32 Å². The number of halogens is 1. The molecule has 1 saturated heterocycles. The van der Waals surface area contributed by atoms with E-state index in [1.807, 2.05) is 6.07 Å². The molecule has 2 aliphatic heterocycles. The number of hydrogen-bond acceptors (Lipinski definition) is 3. The van der Waals surface area contributed by atoms with Crippen LogP contribution in [0.1, 0.15) is 53.1 Å². The van der Waals surface area contributed by atoms with Gasteiger partial charge in [-0.3, -0.25) is 19.7 Å². The molecule has 4 rings (SSSR count). The van der Waals surface area contributed by atoms with E-state index in [4.69, 9.17) is 11.6 Å². The van der Waals surface area contributed by atoms with Crippen LogP contribution in [0.2, 0.25) is 5.02 Å². The predicted octanol–water partition coefficient (Wildman–Crippen LogP) is 1.98. The minimum atomic E-state index is -0.566. The molecule has 0 spiro atoms. The second kappa shape index (κ2) is 4.81. The Hall–Kier alpha value is -1.88. The Morgan fingerprint density at radius 3 is 2.59 bits per heavy atom. The number of benzene rings is 1. The van der Waals surface area contributed by atoms with E-state index in [0.29, 0.717) is 29.5 Å². The molecule has 0 bridgehead atoms. The van der Waals surface area contributed by atoms with Gasteiger partial charge < -0.3 is 4.90 Å². The van der Waals surface area contributed by atoms with E-state index in [-0.39, 0.29) is 24.1 Å². The lowest BCUT2D eigenvalue weighted by Gasteiger charge is -2.29. The number of piperidine rings is 1. The smallest absolute Gasteiger partial charge is 0.255 e. The Morgan fingerprint density at radius 2 is 1.91 bits per heavy atom. The molecule has 5 nitrogen and oxygen atoms in total. The van der Waals surface area contributed by atoms with Crippen LogP contribution >= 0.6 is 11.6 Å². The van der Waals surface area contributed by atoms with Gasteiger partial charge in [0.1, 0.15) is 6.04 Å². The SMILES string of the molecule is O=C1CCC(N2Cc3c(cc(Cl)cc3C3CC3)C2=O)C(=O)N1. The maximum absolute atomic E-state index is 12.7. The number of nitrogens with one attached hydrogen (secondary N) is 1. The van der Waals surface area contributed by atoms with E-state index < -0.39 is 6.04 Å². The van der Waals surface area contributed by atoms with Crippen molar-refractivity contribution >= 4 is 29.3 Å². The molecule has 1 aromatic rings. The molecule has 1 atom stereocenters. The third-order valence-corrected chi connectivity index (χ3v) is 4.89. The minimum absolute atomic E-state index is 0.158. The average molecular weight is 319 g/mol. The van der Waals surface area contributed by atoms with E-state index in [0.717, 1.165) is 24.0 Å². The van der Waals surface area contributed by atoms with Gasteiger partial charge in [0, 0.05) is 23.6 Å². The quantitative estimate of drug-likeness (QED) is 0.848. The fraction of sp³-hybridized carbons (Fsp3) is 0.438. The molecule has 0 aromatic heterocycles. The van der Waals surface area contributed by atoms with Crippen molar-refractivity contribution in [2.24, 2.45) is 0 Å². The number of rotatable bonds is 2. The molecule has 6 heteroatoms. The summed E-state index contributed by atoms with van der Waals surface area (Å²) in [6.07, 6.45) is 2.91. The molecule has 1 saturated carbocycles. The maximum Gasteiger partial charge on any atom is 0.255 e. The molecule has 3 amide bonds. The normalized spacial score (nSPS) is 24.5. The van der Waals surface area contributed by atoms with Gasteiger partial charge in [-0.05, 0) is 48.4 Å². The van der Waals surface area contributed by atoms with Crippen molar-refractivity contribution in [1.29, 1.82) is 0 Å². The van der Waals surface area contributed by atoms with Gasteiger partial charge >= 0.3 is 0 Å². The lowest BCUT2D eigenvalue weighted by molar-refractivity contribution is -0.136. The zero-order valence-electron chi connectivity index (χ0n) is 11.9. The van der Waals surface area contributed by atoms with Crippen LogP contribution in [0.15, 0.2) is 12.1 Å². The van der Waals surface area contributed by atoms with Crippen LogP contribution in [0.25, 0.3) is 0 Å². The van der Waals surface area contributed by atoms with Crippen molar-refractivity contribution in [1.82, 2.24) is 10.2 Å². The molecule has 22 heavy (non-hydrogen) atoms.